The van der Waals surface area contributed by atoms with Gasteiger partial charge in [-0.15, -0.1) is 0 Å². The first kappa shape index (κ1) is 19.2. The molecule has 0 amide bonds. The monoisotopic (exact) mass is 382 g/mol. The number of aromatic nitrogens is 2. The molecule has 0 bridgehead atoms. The first-order chi connectivity index (χ1) is 14.0. The van der Waals surface area contributed by atoms with Crippen molar-refractivity contribution >= 4 is 0 Å². The van der Waals surface area contributed by atoms with Crippen LogP contribution in [0.5, 0.6) is 0 Å². The number of benzene rings is 3. The highest BCUT2D eigenvalue weighted by molar-refractivity contribution is 5.65. The first-order valence-corrected chi connectivity index (χ1v) is 9.92. The van der Waals surface area contributed by atoms with E-state index in [4.69, 9.17) is 0 Å². The van der Waals surface area contributed by atoms with Gasteiger partial charge in [-0.2, -0.15) is 0 Å². The van der Waals surface area contributed by atoms with Crippen LogP contribution in [-0.4, -0.2) is 14.7 Å². The van der Waals surface area contributed by atoms with E-state index in [9.17, 15) is 5.11 Å². The van der Waals surface area contributed by atoms with Crippen molar-refractivity contribution in [2.45, 2.75) is 33.4 Å². The molecule has 1 aromatic heterocycles. The van der Waals surface area contributed by atoms with Crippen molar-refractivity contribution in [3.63, 3.8) is 0 Å². The third kappa shape index (κ3) is 4.15. The Morgan fingerprint density at radius 3 is 2.31 bits per heavy atom. The number of rotatable bonds is 5. The van der Waals surface area contributed by atoms with Gasteiger partial charge in [0.2, 0.25) is 0 Å². The van der Waals surface area contributed by atoms with Crippen LogP contribution in [0.3, 0.4) is 0 Å². The molecule has 0 saturated heterocycles. The van der Waals surface area contributed by atoms with Crippen LogP contribution in [0.15, 0.2) is 79.3 Å². The van der Waals surface area contributed by atoms with Crippen molar-refractivity contribution in [3.05, 3.63) is 113 Å². The van der Waals surface area contributed by atoms with Crippen LogP contribution >= 0.6 is 0 Å². The number of aliphatic hydroxyl groups is 1. The van der Waals surface area contributed by atoms with E-state index in [1.807, 2.05) is 35.8 Å². The molecule has 0 aliphatic heterocycles. The standard InChI is InChI=1S/C26H26N2O/c1-18-6-4-8-21(12-18)22-10-11-24(20(3)14-22)16-28-17-27-15-25(28)26(29)23-9-5-7-19(2)13-23/h4-15,17,26,29H,16H2,1-3H3. The van der Waals surface area contributed by atoms with E-state index in [1.54, 1.807) is 12.5 Å². The van der Waals surface area contributed by atoms with Gasteiger partial charge in [-0.05, 0) is 48.6 Å². The maximum Gasteiger partial charge on any atom is 0.121 e. The Balaban J connectivity index is 1.60. The van der Waals surface area contributed by atoms with E-state index in [-0.39, 0.29) is 0 Å². The van der Waals surface area contributed by atoms with Gasteiger partial charge in [0.1, 0.15) is 6.10 Å². The Morgan fingerprint density at radius 1 is 0.862 bits per heavy atom. The molecule has 3 aromatic carbocycles. The Morgan fingerprint density at radius 2 is 1.59 bits per heavy atom. The Labute approximate surface area is 172 Å². The fourth-order valence-electron chi connectivity index (χ4n) is 3.76. The summed E-state index contributed by atoms with van der Waals surface area (Å²) in [5.74, 6) is 0. The molecule has 1 N–H and O–H groups in total. The molecule has 4 aromatic rings. The Bertz CT molecular complexity index is 1140. The largest absolute Gasteiger partial charge is 0.382 e. The molecular weight excluding hydrogens is 356 g/mol. The quantitative estimate of drug-likeness (QED) is 0.487. The second-order valence-electron chi connectivity index (χ2n) is 7.77. The Hall–Kier alpha value is -3.17. The van der Waals surface area contributed by atoms with Gasteiger partial charge >= 0.3 is 0 Å². The highest BCUT2D eigenvalue weighted by atomic mass is 16.3. The summed E-state index contributed by atoms with van der Waals surface area (Å²) in [6, 6.07) is 23.1. The molecule has 0 spiro atoms. The SMILES string of the molecule is Cc1cccc(-c2ccc(Cn3cncc3C(O)c3cccc(C)c3)c(C)c2)c1. The molecular formula is C26H26N2O. The fraction of sp³-hybridized carbons (Fsp3) is 0.192. The second kappa shape index (κ2) is 8.06. The van der Waals surface area contributed by atoms with Crippen LogP contribution in [0.1, 0.15) is 39.6 Å². The number of imidazole rings is 1. The predicted molar refractivity (Wildman–Crippen MR) is 118 cm³/mol. The number of aliphatic hydroxyl groups excluding tert-OH is 1. The lowest BCUT2D eigenvalue weighted by Gasteiger charge is -2.16. The predicted octanol–water partition coefficient (Wildman–Crippen LogP) is 5.61. The summed E-state index contributed by atoms with van der Waals surface area (Å²) >= 11 is 0. The molecule has 0 saturated carbocycles. The number of nitrogens with zero attached hydrogens (tertiary/aromatic N) is 2. The molecule has 0 radical (unpaired) electrons. The second-order valence-corrected chi connectivity index (χ2v) is 7.77. The summed E-state index contributed by atoms with van der Waals surface area (Å²) in [4.78, 5) is 4.29. The number of aryl methyl sites for hydroxylation is 3. The van der Waals surface area contributed by atoms with E-state index in [2.05, 4.69) is 61.3 Å². The van der Waals surface area contributed by atoms with Crippen molar-refractivity contribution in [2.24, 2.45) is 0 Å². The van der Waals surface area contributed by atoms with Gasteiger partial charge in [0.05, 0.1) is 18.2 Å². The summed E-state index contributed by atoms with van der Waals surface area (Å²) in [6.45, 7) is 6.97. The van der Waals surface area contributed by atoms with Crippen LogP contribution in [0, 0.1) is 20.8 Å². The van der Waals surface area contributed by atoms with Crippen LogP contribution in [0.2, 0.25) is 0 Å². The van der Waals surface area contributed by atoms with Gasteiger partial charge in [0, 0.05) is 6.54 Å². The summed E-state index contributed by atoms with van der Waals surface area (Å²) in [5.41, 5.74) is 8.99. The minimum Gasteiger partial charge on any atom is -0.382 e. The van der Waals surface area contributed by atoms with E-state index in [0.717, 1.165) is 16.8 Å². The molecule has 0 fully saturated rings. The lowest BCUT2D eigenvalue weighted by atomic mass is 9.98. The molecule has 0 aliphatic rings. The fourth-order valence-corrected chi connectivity index (χ4v) is 3.76. The zero-order chi connectivity index (χ0) is 20.4. The summed E-state index contributed by atoms with van der Waals surface area (Å²) in [7, 11) is 0. The van der Waals surface area contributed by atoms with Crippen LogP contribution in [0.4, 0.5) is 0 Å². The highest BCUT2D eigenvalue weighted by Gasteiger charge is 2.16. The average molecular weight is 383 g/mol. The molecule has 0 aliphatic carbocycles. The topological polar surface area (TPSA) is 38.0 Å². The van der Waals surface area contributed by atoms with Crippen LogP contribution in [-0.2, 0) is 6.54 Å². The minimum atomic E-state index is -0.690. The van der Waals surface area contributed by atoms with E-state index < -0.39 is 6.10 Å². The minimum absolute atomic E-state index is 0.679. The number of hydrogen-bond acceptors (Lipinski definition) is 2. The lowest BCUT2D eigenvalue weighted by molar-refractivity contribution is 0.210. The molecule has 146 valence electrons. The summed E-state index contributed by atoms with van der Waals surface area (Å²) in [5, 5.41) is 10.9. The molecule has 4 rings (SSSR count). The highest BCUT2D eigenvalue weighted by Crippen LogP contribution is 2.26. The summed E-state index contributed by atoms with van der Waals surface area (Å²) in [6.07, 6.45) is 2.86. The smallest absolute Gasteiger partial charge is 0.121 e. The number of hydrogen-bond donors (Lipinski definition) is 1. The lowest BCUT2D eigenvalue weighted by Crippen LogP contribution is -2.10. The molecule has 3 nitrogen and oxygen atoms in total. The van der Waals surface area contributed by atoms with Crippen LogP contribution in [0.25, 0.3) is 11.1 Å². The maximum absolute atomic E-state index is 10.9. The van der Waals surface area contributed by atoms with E-state index >= 15 is 0 Å². The zero-order valence-corrected chi connectivity index (χ0v) is 17.1. The summed E-state index contributed by atoms with van der Waals surface area (Å²) < 4.78 is 2.03. The van der Waals surface area contributed by atoms with Crippen molar-refractivity contribution in [2.75, 3.05) is 0 Å². The van der Waals surface area contributed by atoms with Crippen molar-refractivity contribution in [3.8, 4) is 11.1 Å². The first-order valence-electron chi connectivity index (χ1n) is 9.92. The van der Waals surface area contributed by atoms with Crippen molar-refractivity contribution in [1.82, 2.24) is 9.55 Å². The maximum atomic E-state index is 10.9. The van der Waals surface area contributed by atoms with Gasteiger partial charge in [0.15, 0.2) is 0 Å². The molecule has 1 heterocycles. The third-order valence-electron chi connectivity index (χ3n) is 5.42. The molecule has 1 atom stereocenters. The Kier molecular flexibility index (Phi) is 5.32. The average Bonchev–Trinajstić information content (AvgIpc) is 3.17. The van der Waals surface area contributed by atoms with Gasteiger partial charge in [-0.3, -0.25) is 0 Å². The van der Waals surface area contributed by atoms with Gasteiger partial charge < -0.3 is 9.67 Å². The van der Waals surface area contributed by atoms with Gasteiger partial charge in [-0.25, -0.2) is 4.98 Å². The van der Waals surface area contributed by atoms with Crippen molar-refractivity contribution in [1.29, 1.82) is 0 Å². The van der Waals surface area contributed by atoms with E-state index in [1.165, 1.54) is 27.8 Å². The van der Waals surface area contributed by atoms with Crippen molar-refractivity contribution < 1.29 is 5.11 Å². The van der Waals surface area contributed by atoms with E-state index in [0.29, 0.717) is 6.54 Å². The van der Waals surface area contributed by atoms with Gasteiger partial charge in [0.25, 0.3) is 0 Å². The molecule has 1 unspecified atom stereocenters. The van der Waals surface area contributed by atoms with Crippen LogP contribution < -0.4 is 0 Å². The molecule has 3 heteroatoms. The zero-order valence-electron chi connectivity index (χ0n) is 17.1. The van der Waals surface area contributed by atoms with Gasteiger partial charge in [-0.1, -0.05) is 77.9 Å². The third-order valence-corrected chi connectivity index (χ3v) is 5.42. The molecule has 29 heavy (non-hydrogen) atoms. The normalized spacial score (nSPS) is 12.1.